The van der Waals surface area contributed by atoms with Crippen molar-refractivity contribution < 1.29 is 24.5 Å². The van der Waals surface area contributed by atoms with E-state index >= 15 is 0 Å². The molecule has 4 aromatic rings. The van der Waals surface area contributed by atoms with Crippen molar-refractivity contribution in [3.05, 3.63) is 83.9 Å². The van der Waals surface area contributed by atoms with Crippen LogP contribution in [0.1, 0.15) is 47.2 Å². The first-order valence-electron chi connectivity index (χ1n) is 14.8. The number of hydrogen-bond acceptors (Lipinski definition) is 10. The van der Waals surface area contributed by atoms with Crippen LogP contribution in [0.5, 0.6) is 0 Å². The average Bonchev–Trinajstić information content (AvgIpc) is 3.78. The van der Waals surface area contributed by atoms with Gasteiger partial charge in [-0.3, -0.25) is 14.2 Å². The molecule has 2 saturated heterocycles. The molecule has 0 unspecified atom stereocenters. The third-order valence-electron chi connectivity index (χ3n) is 8.02. The van der Waals surface area contributed by atoms with E-state index in [0.717, 1.165) is 24.1 Å². The predicted octanol–water partition coefficient (Wildman–Crippen LogP) is 0.917. The smallest absolute Gasteiger partial charge is 0.289 e. The fourth-order valence-corrected chi connectivity index (χ4v) is 5.73. The molecular formula is C31H36N8O5. The molecule has 0 spiro atoms. The maximum absolute atomic E-state index is 13.4. The molecule has 2 fully saturated rings. The Morgan fingerprint density at radius 1 is 1.05 bits per heavy atom. The summed E-state index contributed by atoms with van der Waals surface area (Å²) in [6.45, 7) is 3.96. The van der Waals surface area contributed by atoms with Gasteiger partial charge in [-0.25, -0.2) is 15.0 Å². The van der Waals surface area contributed by atoms with Gasteiger partial charge in [0.2, 0.25) is 5.82 Å². The van der Waals surface area contributed by atoms with Crippen LogP contribution in [0, 0.1) is 0 Å². The van der Waals surface area contributed by atoms with Crippen LogP contribution in [0.2, 0.25) is 0 Å². The molecule has 2 aliphatic heterocycles. The number of benzene rings is 2. The summed E-state index contributed by atoms with van der Waals surface area (Å²) in [6, 6.07) is 20.1. The summed E-state index contributed by atoms with van der Waals surface area (Å²) >= 11 is 0. The van der Waals surface area contributed by atoms with E-state index in [2.05, 4.69) is 60.5 Å². The molecule has 2 aliphatic rings. The number of aliphatic hydroxyl groups excluding tert-OH is 2. The monoisotopic (exact) mass is 600 g/mol. The highest BCUT2D eigenvalue weighted by Crippen LogP contribution is 2.33. The molecule has 2 aromatic heterocycles. The molecule has 2 aromatic carbocycles. The lowest BCUT2D eigenvalue weighted by Gasteiger charge is -2.20. The number of carbonyl (C=O) groups excluding carboxylic acids is 2. The van der Waals surface area contributed by atoms with Gasteiger partial charge in [-0.1, -0.05) is 60.7 Å². The van der Waals surface area contributed by atoms with Crippen LogP contribution >= 0.6 is 0 Å². The number of carbonyl (C=O) groups is 2. The minimum absolute atomic E-state index is 0.0423. The van der Waals surface area contributed by atoms with Gasteiger partial charge in [-0.2, -0.15) is 0 Å². The highest BCUT2D eigenvalue weighted by atomic mass is 16.6. The molecule has 5 atom stereocenters. The number of fused-ring (bicyclic) bond motifs is 1. The van der Waals surface area contributed by atoms with E-state index in [-0.39, 0.29) is 23.4 Å². The molecule has 44 heavy (non-hydrogen) atoms. The summed E-state index contributed by atoms with van der Waals surface area (Å²) in [7, 11) is 0. The highest BCUT2D eigenvalue weighted by molar-refractivity contribution is 5.94. The summed E-state index contributed by atoms with van der Waals surface area (Å²) < 4.78 is 7.26. The third kappa shape index (κ3) is 5.99. The van der Waals surface area contributed by atoms with Crippen LogP contribution < -0.4 is 21.3 Å². The number of anilines is 1. The fraction of sp³-hybridized carbons (Fsp3) is 0.387. The molecule has 0 radical (unpaired) electrons. The fourth-order valence-electron chi connectivity index (χ4n) is 5.73. The van der Waals surface area contributed by atoms with Crippen LogP contribution in [-0.4, -0.2) is 92.1 Å². The molecule has 0 aliphatic carbocycles. The number of nitrogens with zero attached hydrogens (tertiary/aromatic N) is 4. The Bertz CT molecular complexity index is 1560. The zero-order valence-corrected chi connectivity index (χ0v) is 24.3. The summed E-state index contributed by atoms with van der Waals surface area (Å²) in [6.07, 6.45) is -3.20. The Kier molecular flexibility index (Phi) is 8.79. The Balaban J connectivity index is 1.36. The van der Waals surface area contributed by atoms with Crippen molar-refractivity contribution in [2.75, 3.05) is 31.5 Å². The predicted molar refractivity (Wildman–Crippen MR) is 162 cm³/mol. The first kappa shape index (κ1) is 29.6. The second kappa shape index (κ2) is 13.1. The Morgan fingerprint density at radius 2 is 1.75 bits per heavy atom. The number of amides is 2. The maximum Gasteiger partial charge on any atom is 0.289 e. The van der Waals surface area contributed by atoms with Crippen LogP contribution in [-0.2, 0) is 9.53 Å². The van der Waals surface area contributed by atoms with Crippen molar-refractivity contribution in [1.29, 1.82) is 0 Å². The van der Waals surface area contributed by atoms with Gasteiger partial charge in [0.25, 0.3) is 11.8 Å². The Hall–Kier alpha value is -4.43. The molecule has 6 N–H and O–H groups in total. The number of aromatic nitrogens is 4. The van der Waals surface area contributed by atoms with Crippen LogP contribution in [0.25, 0.3) is 11.2 Å². The maximum atomic E-state index is 13.4. The quantitative estimate of drug-likeness (QED) is 0.154. The van der Waals surface area contributed by atoms with E-state index in [9.17, 15) is 19.8 Å². The van der Waals surface area contributed by atoms with Crippen molar-refractivity contribution in [1.82, 2.24) is 35.5 Å². The summed E-state index contributed by atoms with van der Waals surface area (Å²) in [5, 5.41) is 33.7. The molecule has 0 bridgehead atoms. The topological polar surface area (TPSA) is 176 Å². The number of imidazole rings is 1. The van der Waals surface area contributed by atoms with E-state index < -0.39 is 36.4 Å². The number of hydrogen-bond donors (Lipinski definition) is 6. The zero-order chi connectivity index (χ0) is 30.6. The summed E-state index contributed by atoms with van der Waals surface area (Å²) in [5.74, 6) is -0.792. The van der Waals surface area contributed by atoms with E-state index in [1.54, 1.807) is 6.92 Å². The standard InChI is InChI=1S/C31H36N8O5/c1-2-33-29(42)25-23(40)24(41)31(44-25)39-17-35-22-26(37-27(38-28(22)39)30(43)36-20-13-14-32-15-20)34-16-21(18-9-5-3-6-10-18)19-11-7-4-8-12-19/h3-12,17,20-21,23-25,31-32,40-41H,2,13-16H2,1H3,(H,33,42)(H,36,43)(H,34,37,38)/t20-,23-,24+,25-,31+/m0/s1. The average molecular weight is 601 g/mol. The number of rotatable bonds is 10. The number of nitrogens with one attached hydrogen (secondary N) is 4. The van der Waals surface area contributed by atoms with Crippen molar-refractivity contribution >= 4 is 28.8 Å². The van der Waals surface area contributed by atoms with E-state index in [4.69, 9.17) is 4.74 Å². The van der Waals surface area contributed by atoms with Crippen molar-refractivity contribution in [2.24, 2.45) is 0 Å². The van der Waals surface area contributed by atoms with Gasteiger partial charge in [0, 0.05) is 31.6 Å². The number of likely N-dealkylation sites (N-methyl/N-ethyl adjacent to an activating group) is 1. The third-order valence-corrected chi connectivity index (χ3v) is 8.02. The second-order valence-corrected chi connectivity index (χ2v) is 11.0. The molecule has 230 valence electrons. The Morgan fingerprint density at radius 3 is 2.39 bits per heavy atom. The van der Waals surface area contributed by atoms with Gasteiger partial charge in [-0.05, 0) is 31.0 Å². The molecule has 6 rings (SSSR count). The van der Waals surface area contributed by atoms with E-state index in [0.29, 0.717) is 31.0 Å². The minimum atomic E-state index is -1.47. The SMILES string of the molecule is CCNC(=O)[C@H]1O[C@@H](n2cnc3c(NCC(c4ccccc4)c4ccccc4)nc(C(=O)N[C@H]4CCNC4)nc32)[C@H](O)[C@@H]1O. The number of ether oxygens (including phenoxy) is 1. The molecular weight excluding hydrogens is 564 g/mol. The lowest BCUT2D eigenvalue weighted by Crippen LogP contribution is -2.42. The van der Waals surface area contributed by atoms with Gasteiger partial charge in [0.05, 0.1) is 6.33 Å². The molecule has 13 nitrogen and oxygen atoms in total. The van der Waals surface area contributed by atoms with Gasteiger partial charge in [0.1, 0.15) is 12.2 Å². The van der Waals surface area contributed by atoms with Crippen molar-refractivity contribution in [3.63, 3.8) is 0 Å². The first-order valence-corrected chi connectivity index (χ1v) is 14.8. The van der Waals surface area contributed by atoms with Crippen LogP contribution in [0.15, 0.2) is 67.0 Å². The largest absolute Gasteiger partial charge is 0.387 e. The minimum Gasteiger partial charge on any atom is -0.387 e. The zero-order valence-electron chi connectivity index (χ0n) is 24.3. The molecule has 2 amide bonds. The van der Waals surface area contributed by atoms with Crippen molar-refractivity contribution in [2.45, 2.75) is 49.8 Å². The van der Waals surface area contributed by atoms with Gasteiger partial charge >= 0.3 is 0 Å². The normalized spacial score (nSPS) is 23.2. The molecule has 13 heteroatoms. The molecule has 4 heterocycles. The summed E-state index contributed by atoms with van der Waals surface area (Å²) in [4.78, 5) is 39.5. The summed E-state index contributed by atoms with van der Waals surface area (Å²) in [5.41, 5.74) is 2.75. The first-order chi connectivity index (χ1) is 21.4. The lowest BCUT2D eigenvalue weighted by molar-refractivity contribution is -0.137. The van der Waals surface area contributed by atoms with Gasteiger partial charge in [-0.15, -0.1) is 0 Å². The lowest BCUT2D eigenvalue weighted by atomic mass is 9.91. The van der Waals surface area contributed by atoms with Gasteiger partial charge < -0.3 is 36.2 Å². The van der Waals surface area contributed by atoms with E-state index in [1.807, 2.05) is 36.4 Å². The molecule has 0 saturated carbocycles. The van der Waals surface area contributed by atoms with Crippen LogP contribution in [0.3, 0.4) is 0 Å². The Labute approximate surface area is 254 Å². The van der Waals surface area contributed by atoms with Gasteiger partial charge in [0.15, 0.2) is 29.3 Å². The van der Waals surface area contributed by atoms with Crippen molar-refractivity contribution in [3.8, 4) is 0 Å². The highest BCUT2D eigenvalue weighted by Gasteiger charge is 2.47. The van der Waals surface area contributed by atoms with E-state index in [1.165, 1.54) is 10.9 Å². The second-order valence-electron chi connectivity index (χ2n) is 11.0. The number of aliphatic hydroxyl groups is 2. The van der Waals surface area contributed by atoms with Crippen LogP contribution in [0.4, 0.5) is 5.82 Å².